The summed E-state index contributed by atoms with van der Waals surface area (Å²) in [7, 11) is -3.70. The van der Waals surface area contributed by atoms with Crippen LogP contribution < -0.4 is 11.1 Å². The second-order valence-electron chi connectivity index (χ2n) is 4.25. The van der Waals surface area contributed by atoms with E-state index in [1.807, 2.05) is 0 Å². The molecule has 0 saturated heterocycles. The van der Waals surface area contributed by atoms with Gasteiger partial charge in [-0.1, -0.05) is 18.2 Å². The highest BCUT2D eigenvalue weighted by Gasteiger charge is 2.20. The molecule has 104 valence electrons. The Bertz CT molecular complexity index is 740. The molecule has 0 radical (unpaired) electrons. The summed E-state index contributed by atoms with van der Waals surface area (Å²) in [6, 6.07) is 12.4. The summed E-state index contributed by atoms with van der Waals surface area (Å²) in [6.07, 6.45) is 0. The highest BCUT2D eigenvalue weighted by molar-refractivity contribution is 7.91. The number of nitrogens with one attached hydrogen (secondary N) is 1. The zero-order valence-electron chi connectivity index (χ0n) is 10.8. The Morgan fingerprint density at radius 3 is 2.35 bits per heavy atom. The Kier molecular flexibility index (Phi) is 3.76. The van der Waals surface area contributed by atoms with E-state index in [9.17, 15) is 13.2 Å². The van der Waals surface area contributed by atoms with Crippen LogP contribution in [0.15, 0.2) is 58.3 Å². The molecule has 20 heavy (non-hydrogen) atoms. The molecule has 5 nitrogen and oxygen atoms in total. The van der Waals surface area contributed by atoms with Gasteiger partial charge in [0.25, 0.3) is 0 Å². The van der Waals surface area contributed by atoms with E-state index in [-0.39, 0.29) is 21.4 Å². The molecule has 2 rings (SSSR count). The fraction of sp³-hybridized carbons (Fsp3) is 0.0714. The SMILES string of the molecule is CC(=O)Nc1ccc(N)c(S(=O)(=O)c2ccccc2)c1. The Hall–Kier alpha value is -2.34. The van der Waals surface area contributed by atoms with Crippen LogP contribution in [-0.2, 0) is 14.6 Å². The van der Waals surface area contributed by atoms with Gasteiger partial charge in [-0.3, -0.25) is 4.79 Å². The van der Waals surface area contributed by atoms with Gasteiger partial charge >= 0.3 is 0 Å². The van der Waals surface area contributed by atoms with Crippen LogP contribution in [0, 0.1) is 0 Å². The van der Waals surface area contributed by atoms with Crippen LogP contribution in [-0.4, -0.2) is 14.3 Å². The average Bonchev–Trinajstić information content (AvgIpc) is 2.41. The molecule has 2 aromatic carbocycles. The van der Waals surface area contributed by atoms with E-state index >= 15 is 0 Å². The van der Waals surface area contributed by atoms with Crippen molar-refractivity contribution >= 4 is 27.1 Å². The van der Waals surface area contributed by atoms with Crippen molar-refractivity contribution in [3.63, 3.8) is 0 Å². The highest BCUT2D eigenvalue weighted by Crippen LogP contribution is 2.28. The lowest BCUT2D eigenvalue weighted by molar-refractivity contribution is -0.114. The zero-order valence-corrected chi connectivity index (χ0v) is 11.6. The molecule has 0 saturated carbocycles. The molecule has 0 aliphatic rings. The Labute approximate surface area is 117 Å². The number of carbonyl (C=O) groups is 1. The Balaban J connectivity index is 2.54. The molecule has 1 amide bonds. The van der Waals surface area contributed by atoms with Crippen LogP contribution in [0.3, 0.4) is 0 Å². The molecule has 3 N–H and O–H groups in total. The minimum absolute atomic E-state index is 0.0186. The van der Waals surface area contributed by atoms with Gasteiger partial charge in [0, 0.05) is 12.6 Å². The van der Waals surface area contributed by atoms with E-state index in [1.165, 1.54) is 31.2 Å². The highest BCUT2D eigenvalue weighted by atomic mass is 32.2. The van der Waals surface area contributed by atoms with Crippen molar-refractivity contribution < 1.29 is 13.2 Å². The number of rotatable bonds is 3. The summed E-state index contributed by atoms with van der Waals surface area (Å²) in [4.78, 5) is 11.2. The first kappa shape index (κ1) is 14.1. The molecule has 0 heterocycles. The van der Waals surface area contributed by atoms with Crippen molar-refractivity contribution in [2.24, 2.45) is 0 Å². The number of nitrogens with two attached hydrogens (primary N) is 1. The third-order valence-corrected chi connectivity index (χ3v) is 4.50. The van der Waals surface area contributed by atoms with Gasteiger partial charge in [-0.25, -0.2) is 8.42 Å². The van der Waals surface area contributed by atoms with Crippen LogP contribution in [0.25, 0.3) is 0 Å². The Morgan fingerprint density at radius 1 is 1.10 bits per heavy atom. The first-order valence-corrected chi connectivity index (χ1v) is 7.37. The topological polar surface area (TPSA) is 89.3 Å². The number of amides is 1. The van der Waals surface area contributed by atoms with Crippen molar-refractivity contribution in [2.45, 2.75) is 16.7 Å². The van der Waals surface area contributed by atoms with Crippen LogP contribution in [0.2, 0.25) is 0 Å². The van der Waals surface area contributed by atoms with Crippen molar-refractivity contribution in [2.75, 3.05) is 11.1 Å². The molecule has 0 aromatic heterocycles. The van der Waals surface area contributed by atoms with Gasteiger partial charge < -0.3 is 11.1 Å². The normalized spacial score (nSPS) is 11.1. The fourth-order valence-electron chi connectivity index (χ4n) is 1.77. The summed E-state index contributed by atoms with van der Waals surface area (Å²) in [6.45, 7) is 1.35. The summed E-state index contributed by atoms with van der Waals surface area (Å²) in [5.74, 6) is -0.280. The number of anilines is 2. The van der Waals surface area contributed by atoms with E-state index in [0.717, 1.165) is 0 Å². The molecule has 2 aromatic rings. The second-order valence-corrected chi connectivity index (χ2v) is 6.17. The second kappa shape index (κ2) is 5.34. The predicted molar refractivity (Wildman–Crippen MR) is 77.1 cm³/mol. The van der Waals surface area contributed by atoms with Gasteiger partial charge in [-0.15, -0.1) is 0 Å². The van der Waals surface area contributed by atoms with Crippen molar-refractivity contribution in [1.29, 1.82) is 0 Å². The molecular formula is C14H14N2O3S. The van der Waals surface area contributed by atoms with Gasteiger partial charge in [-0.2, -0.15) is 0 Å². The summed E-state index contributed by atoms with van der Waals surface area (Å²) >= 11 is 0. The first-order valence-electron chi connectivity index (χ1n) is 5.88. The van der Waals surface area contributed by atoms with Gasteiger partial charge in [0.15, 0.2) is 0 Å². The quantitative estimate of drug-likeness (QED) is 0.847. The average molecular weight is 290 g/mol. The fourth-order valence-corrected chi connectivity index (χ4v) is 3.20. The van der Waals surface area contributed by atoms with Crippen molar-refractivity contribution in [3.8, 4) is 0 Å². The minimum Gasteiger partial charge on any atom is -0.398 e. The number of hydrogen-bond donors (Lipinski definition) is 2. The number of benzene rings is 2. The van der Waals surface area contributed by atoms with Crippen LogP contribution in [0.4, 0.5) is 11.4 Å². The van der Waals surface area contributed by atoms with Crippen LogP contribution in [0.1, 0.15) is 6.92 Å². The largest absolute Gasteiger partial charge is 0.398 e. The van der Waals surface area contributed by atoms with Crippen LogP contribution >= 0.6 is 0 Å². The molecule has 0 unspecified atom stereocenters. The van der Waals surface area contributed by atoms with Gasteiger partial charge in [0.05, 0.1) is 15.5 Å². The molecular weight excluding hydrogens is 276 g/mol. The maximum absolute atomic E-state index is 12.5. The van der Waals surface area contributed by atoms with Crippen molar-refractivity contribution in [3.05, 3.63) is 48.5 Å². The minimum atomic E-state index is -3.70. The lowest BCUT2D eigenvalue weighted by atomic mass is 10.3. The Morgan fingerprint density at radius 2 is 1.75 bits per heavy atom. The van der Waals surface area contributed by atoms with E-state index in [4.69, 9.17) is 5.73 Å². The van der Waals surface area contributed by atoms with Gasteiger partial charge in [0.2, 0.25) is 15.7 Å². The lowest BCUT2D eigenvalue weighted by Crippen LogP contribution is -2.09. The number of hydrogen-bond acceptors (Lipinski definition) is 4. The molecule has 0 aliphatic heterocycles. The van der Waals surface area contributed by atoms with E-state index < -0.39 is 9.84 Å². The van der Waals surface area contributed by atoms with E-state index in [2.05, 4.69) is 5.32 Å². The number of nitrogen functional groups attached to an aromatic ring is 1. The zero-order chi connectivity index (χ0) is 14.8. The van der Waals surface area contributed by atoms with Crippen LogP contribution in [0.5, 0.6) is 0 Å². The maximum atomic E-state index is 12.5. The monoisotopic (exact) mass is 290 g/mol. The summed E-state index contributed by atoms with van der Waals surface area (Å²) in [5, 5.41) is 2.54. The number of sulfone groups is 1. The molecule has 6 heteroatoms. The van der Waals surface area contributed by atoms with E-state index in [1.54, 1.807) is 24.3 Å². The molecule has 0 spiro atoms. The standard InChI is InChI=1S/C14H14N2O3S/c1-10(17)16-11-7-8-13(15)14(9-11)20(18,19)12-5-3-2-4-6-12/h2-9H,15H2,1H3,(H,16,17). The lowest BCUT2D eigenvalue weighted by Gasteiger charge is -2.10. The summed E-state index contributed by atoms with van der Waals surface area (Å²) in [5.41, 5.74) is 6.28. The molecule has 0 aliphatic carbocycles. The number of carbonyl (C=O) groups excluding carboxylic acids is 1. The molecule has 0 bridgehead atoms. The maximum Gasteiger partial charge on any atom is 0.221 e. The predicted octanol–water partition coefficient (Wildman–Crippen LogP) is 2.06. The molecule has 0 fully saturated rings. The first-order chi connectivity index (χ1) is 9.41. The third-order valence-electron chi connectivity index (χ3n) is 2.68. The third kappa shape index (κ3) is 2.80. The molecule has 0 atom stereocenters. The summed E-state index contributed by atoms with van der Waals surface area (Å²) < 4.78 is 25.0. The van der Waals surface area contributed by atoms with Gasteiger partial charge in [-0.05, 0) is 30.3 Å². The van der Waals surface area contributed by atoms with Crippen molar-refractivity contribution in [1.82, 2.24) is 0 Å². The smallest absolute Gasteiger partial charge is 0.221 e. The van der Waals surface area contributed by atoms with E-state index in [0.29, 0.717) is 5.69 Å². The van der Waals surface area contributed by atoms with Gasteiger partial charge in [0.1, 0.15) is 0 Å².